The summed E-state index contributed by atoms with van der Waals surface area (Å²) in [5.74, 6) is 0.584. The van der Waals surface area contributed by atoms with Crippen molar-refractivity contribution in [3.8, 4) is 0 Å². The van der Waals surface area contributed by atoms with Crippen LogP contribution in [0, 0.1) is 0 Å². The van der Waals surface area contributed by atoms with Gasteiger partial charge in [-0.05, 0) is 32.1 Å². The maximum Gasteiger partial charge on any atom is 0.0958 e. The molecule has 0 saturated heterocycles. The second-order valence-electron chi connectivity index (χ2n) is 3.96. The van der Waals surface area contributed by atoms with Gasteiger partial charge in [0.15, 0.2) is 0 Å². The summed E-state index contributed by atoms with van der Waals surface area (Å²) in [5, 5.41) is 13.2. The molecule has 4 heteroatoms. The van der Waals surface area contributed by atoms with E-state index in [0.717, 1.165) is 37.8 Å². The minimum atomic E-state index is 0.584. The molecule has 0 unspecified atom stereocenters. The van der Waals surface area contributed by atoms with Crippen LogP contribution in [0.4, 0.5) is 0 Å². The van der Waals surface area contributed by atoms with E-state index in [4.69, 9.17) is 5.21 Å². The Bertz CT molecular complexity index is 349. The molecule has 1 fully saturated rings. The summed E-state index contributed by atoms with van der Waals surface area (Å²) in [6, 6.07) is 0. The van der Waals surface area contributed by atoms with E-state index >= 15 is 0 Å². The van der Waals surface area contributed by atoms with Crippen molar-refractivity contribution in [2.45, 2.75) is 44.9 Å². The lowest BCUT2D eigenvalue weighted by Crippen LogP contribution is -2.12. The first-order valence-corrected chi connectivity index (χ1v) is 6.29. The standard InChI is InChI=1S/C11H16N2OS/c1-2-10-7-12-11(15-10)8-3-5-9(13-14)6-4-8/h7-8,14H,2-6H2,1H3. The number of oxime groups is 1. The molecule has 0 aliphatic heterocycles. The minimum Gasteiger partial charge on any atom is -0.411 e. The fourth-order valence-corrected chi connectivity index (χ4v) is 3.00. The summed E-state index contributed by atoms with van der Waals surface area (Å²) < 4.78 is 0. The Morgan fingerprint density at radius 1 is 1.53 bits per heavy atom. The van der Waals surface area contributed by atoms with Crippen molar-refractivity contribution in [1.82, 2.24) is 4.98 Å². The highest BCUT2D eigenvalue weighted by atomic mass is 32.1. The van der Waals surface area contributed by atoms with E-state index in [9.17, 15) is 0 Å². The molecule has 0 radical (unpaired) electrons. The van der Waals surface area contributed by atoms with E-state index in [0.29, 0.717) is 5.92 Å². The van der Waals surface area contributed by atoms with Crippen molar-refractivity contribution in [3.63, 3.8) is 0 Å². The molecule has 0 atom stereocenters. The van der Waals surface area contributed by atoms with Crippen LogP contribution in [0.2, 0.25) is 0 Å². The molecule has 1 heterocycles. The van der Waals surface area contributed by atoms with Gasteiger partial charge in [-0.25, -0.2) is 4.98 Å². The molecule has 1 aromatic rings. The molecule has 3 nitrogen and oxygen atoms in total. The molecule has 0 aromatic carbocycles. The first kappa shape index (κ1) is 10.6. The number of aromatic nitrogens is 1. The molecular weight excluding hydrogens is 208 g/mol. The van der Waals surface area contributed by atoms with Gasteiger partial charge in [-0.2, -0.15) is 0 Å². The summed E-state index contributed by atoms with van der Waals surface area (Å²) in [6.45, 7) is 2.16. The SMILES string of the molecule is CCc1cnc(C2CCC(=NO)CC2)s1. The number of hydrogen-bond acceptors (Lipinski definition) is 4. The maximum absolute atomic E-state index is 8.66. The fraction of sp³-hybridized carbons (Fsp3) is 0.636. The van der Waals surface area contributed by atoms with Crippen LogP contribution in [0.3, 0.4) is 0 Å². The molecule has 2 rings (SSSR count). The smallest absolute Gasteiger partial charge is 0.0958 e. The van der Waals surface area contributed by atoms with E-state index in [1.807, 2.05) is 17.5 Å². The van der Waals surface area contributed by atoms with Crippen molar-refractivity contribution >= 4 is 17.0 Å². The van der Waals surface area contributed by atoms with Crippen molar-refractivity contribution in [2.24, 2.45) is 5.16 Å². The molecule has 0 bridgehead atoms. The summed E-state index contributed by atoms with van der Waals surface area (Å²) >= 11 is 1.83. The van der Waals surface area contributed by atoms with Crippen LogP contribution < -0.4 is 0 Å². The molecule has 0 spiro atoms. The van der Waals surface area contributed by atoms with Gasteiger partial charge in [0.2, 0.25) is 0 Å². The largest absolute Gasteiger partial charge is 0.411 e. The van der Waals surface area contributed by atoms with E-state index in [1.54, 1.807) is 0 Å². The van der Waals surface area contributed by atoms with Crippen LogP contribution in [0.25, 0.3) is 0 Å². The zero-order valence-corrected chi connectivity index (χ0v) is 9.76. The molecule has 1 aliphatic rings. The zero-order chi connectivity index (χ0) is 10.7. The quantitative estimate of drug-likeness (QED) is 0.619. The van der Waals surface area contributed by atoms with Gasteiger partial charge < -0.3 is 5.21 Å². The summed E-state index contributed by atoms with van der Waals surface area (Å²) in [4.78, 5) is 5.84. The third-order valence-corrected chi connectivity index (χ3v) is 4.28. The molecule has 1 aliphatic carbocycles. The predicted octanol–water partition coefficient (Wildman–Crippen LogP) is 3.19. The molecule has 15 heavy (non-hydrogen) atoms. The van der Waals surface area contributed by atoms with Gasteiger partial charge in [0.1, 0.15) is 0 Å². The third kappa shape index (κ3) is 2.37. The average Bonchev–Trinajstić information content (AvgIpc) is 2.78. The second-order valence-corrected chi connectivity index (χ2v) is 5.11. The summed E-state index contributed by atoms with van der Waals surface area (Å²) in [6.07, 6.45) is 7.07. The van der Waals surface area contributed by atoms with Crippen LogP contribution in [0.5, 0.6) is 0 Å². The molecule has 0 amide bonds. The summed E-state index contributed by atoms with van der Waals surface area (Å²) in [5.41, 5.74) is 0.943. The molecule has 1 saturated carbocycles. The summed E-state index contributed by atoms with van der Waals surface area (Å²) in [7, 11) is 0. The fourth-order valence-electron chi connectivity index (χ4n) is 1.97. The van der Waals surface area contributed by atoms with Crippen molar-refractivity contribution in [1.29, 1.82) is 0 Å². The van der Waals surface area contributed by atoms with E-state index in [2.05, 4.69) is 17.1 Å². The van der Waals surface area contributed by atoms with Crippen LogP contribution in [0.15, 0.2) is 11.4 Å². The first-order valence-electron chi connectivity index (χ1n) is 5.48. The molecular formula is C11H16N2OS. The highest BCUT2D eigenvalue weighted by Crippen LogP contribution is 2.33. The van der Waals surface area contributed by atoms with Gasteiger partial charge in [0.25, 0.3) is 0 Å². The van der Waals surface area contributed by atoms with Crippen LogP contribution in [0.1, 0.15) is 48.4 Å². The lowest BCUT2D eigenvalue weighted by Gasteiger charge is -2.19. The van der Waals surface area contributed by atoms with E-state index in [-0.39, 0.29) is 0 Å². The van der Waals surface area contributed by atoms with Crippen LogP contribution >= 0.6 is 11.3 Å². The van der Waals surface area contributed by atoms with E-state index < -0.39 is 0 Å². The van der Waals surface area contributed by atoms with Crippen molar-refractivity contribution < 1.29 is 5.21 Å². The lowest BCUT2D eigenvalue weighted by atomic mass is 9.88. The zero-order valence-electron chi connectivity index (χ0n) is 8.94. The molecule has 1 aromatic heterocycles. The van der Waals surface area contributed by atoms with Gasteiger partial charge in [0, 0.05) is 17.0 Å². The van der Waals surface area contributed by atoms with Gasteiger partial charge in [-0.1, -0.05) is 12.1 Å². The number of hydrogen-bond donors (Lipinski definition) is 1. The third-order valence-electron chi connectivity index (χ3n) is 2.97. The normalized spacial score (nSPS) is 21.7. The Morgan fingerprint density at radius 3 is 2.80 bits per heavy atom. The number of aryl methyl sites for hydroxylation is 1. The van der Waals surface area contributed by atoms with Gasteiger partial charge >= 0.3 is 0 Å². The Labute approximate surface area is 93.8 Å². The van der Waals surface area contributed by atoms with Crippen LogP contribution in [-0.2, 0) is 6.42 Å². The maximum atomic E-state index is 8.66. The highest BCUT2D eigenvalue weighted by molar-refractivity contribution is 7.11. The van der Waals surface area contributed by atoms with Crippen molar-refractivity contribution in [2.75, 3.05) is 0 Å². The van der Waals surface area contributed by atoms with Crippen molar-refractivity contribution in [3.05, 3.63) is 16.1 Å². The Balaban J connectivity index is 2.01. The highest BCUT2D eigenvalue weighted by Gasteiger charge is 2.21. The topological polar surface area (TPSA) is 45.5 Å². The second kappa shape index (κ2) is 4.75. The average molecular weight is 224 g/mol. The lowest BCUT2D eigenvalue weighted by molar-refractivity contribution is 0.313. The minimum absolute atomic E-state index is 0.584. The van der Waals surface area contributed by atoms with Gasteiger partial charge in [0.05, 0.1) is 10.7 Å². The van der Waals surface area contributed by atoms with Crippen LogP contribution in [-0.4, -0.2) is 15.9 Å². The number of nitrogens with zero attached hydrogens (tertiary/aromatic N) is 2. The molecule has 1 N–H and O–H groups in total. The monoisotopic (exact) mass is 224 g/mol. The van der Waals surface area contributed by atoms with Gasteiger partial charge in [-0.15, -0.1) is 11.3 Å². The Hall–Kier alpha value is -0.900. The Morgan fingerprint density at radius 2 is 2.27 bits per heavy atom. The number of thiazole rings is 1. The predicted molar refractivity (Wildman–Crippen MR) is 61.9 cm³/mol. The molecule has 82 valence electrons. The van der Waals surface area contributed by atoms with Gasteiger partial charge in [-0.3, -0.25) is 0 Å². The number of rotatable bonds is 2. The first-order chi connectivity index (χ1) is 7.33. The van der Waals surface area contributed by atoms with E-state index in [1.165, 1.54) is 9.88 Å². The Kier molecular flexibility index (Phi) is 3.36.